The maximum atomic E-state index is 13.3. The number of aliphatic hydroxyl groups is 1. The van der Waals surface area contributed by atoms with Crippen molar-refractivity contribution in [3.05, 3.63) is 102 Å². The average Bonchev–Trinajstić information content (AvgIpc) is 3.25. The van der Waals surface area contributed by atoms with E-state index in [9.17, 15) is 13.9 Å². The van der Waals surface area contributed by atoms with E-state index < -0.39 is 12.2 Å². The fourth-order valence-electron chi connectivity index (χ4n) is 3.13. The van der Waals surface area contributed by atoms with E-state index in [-0.39, 0.29) is 24.8 Å². The van der Waals surface area contributed by atoms with Crippen LogP contribution in [0.4, 0.5) is 8.78 Å². The number of tetrazole rings is 1. The third-order valence-electron chi connectivity index (χ3n) is 4.66. The molecule has 0 fully saturated rings. The second-order valence-electron chi connectivity index (χ2n) is 7.00. The van der Waals surface area contributed by atoms with Crippen molar-refractivity contribution in [2.75, 3.05) is 6.61 Å². The monoisotopic (exact) mass is 422 g/mol. The van der Waals surface area contributed by atoms with Gasteiger partial charge < -0.3 is 9.84 Å². The van der Waals surface area contributed by atoms with Crippen LogP contribution < -0.4 is 0 Å². The molecule has 0 radical (unpaired) electrons. The minimum atomic E-state index is -0.916. The van der Waals surface area contributed by atoms with Gasteiger partial charge in [-0.15, -0.1) is 10.2 Å². The summed E-state index contributed by atoms with van der Waals surface area (Å²) >= 11 is 0. The van der Waals surface area contributed by atoms with Crippen LogP contribution in [-0.2, 0) is 11.3 Å². The lowest BCUT2D eigenvalue weighted by molar-refractivity contribution is -0.00372. The highest BCUT2D eigenvalue weighted by Crippen LogP contribution is 2.27. The molecule has 4 rings (SSSR count). The number of aliphatic hydroxyl groups excluding tert-OH is 1. The highest BCUT2D eigenvalue weighted by atomic mass is 19.1. The van der Waals surface area contributed by atoms with Crippen LogP contribution in [0.1, 0.15) is 17.2 Å². The lowest BCUT2D eigenvalue weighted by atomic mass is 10.0. The van der Waals surface area contributed by atoms with Crippen molar-refractivity contribution >= 4 is 0 Å². The van der Waals surface area contributed by atoms with Crippen LogP contribution in [0.5, 0.6) is 0 Å². The van der Waals surface area contributed by atoms with E-state index in [1.165, 1.54) is 29.1 Å². The third-order valence-corrected chi connectivity index (χ3v) is 4.66. The summed E-state index contributed by atoms with van der Waals surface area (Å²) in [5, 5.41) is 22.7. The van der Waals surface area contributed by atoms with E-state index in [2.05, 4.69) is 15.4 Å². The van der Waals surface area contributed by atoms with Crippen molar-refractivity contribution in [2.24, 2.45) is 0 Å². The van der Waals surface area contributed by atoms with Crippen molar-refractivity contribution in [2.45, 2.75) is 18.8 Å². The van der Waals surface area contributed by atoms with Crippen LogP contribution in [0, 0.1) is 11.6 Å². The molecule has 4 aromatic rings. The SMILES string of the molecule is OC(COC(c1ccc(F)cc1)c1ccc(F)cc1)Cn1nnc(-c2ccccc2)n1. The fourth-order valence-corrected chi connectivity index (χ4v) is 3.13. The molecule has 31 heavy (non-hydrogen) atoms. The molecule has 0 aliphatic rings. The molecular weight excluding hydrogens is 402 g/mol. The second kappa shape index (κ2) is 9.55. The highest BCUT2D eigenvalue weighted by Gasteiger charge is 2.18. The first kappa shape index (κ1) is 20.8. The largest absolute Gasteiger partial charge is 0.389 e. The average molecular weight is 422 g/mol. The highest BCUT2D eigenvalue weighted by molar-refractivity contribution is 5.52. The Balaban J connectivity index is 1.43. The van der Waals surface area contributed by atoms with Gasteiger partial charge in [-0.05, 0) is 40.6 Å². The summed E-state index contributed by atoms with van der Waals surface area (Å²) in [7, 11) is 0. The maximum absolute atomic E-state index is 13.3. The Morgan fingerprint density at radius 1 is 0.839 bits per heavy atom. The molecule has 158 valence electrons. The molecule has 0 saturated carbocycles. The molecule has 0 spiro atoms. The molecule has 8 heteroatoms. The van der Waals surface area contributed by atoms with Gasteiger partial charge in [-0.25, -0.2) is 8.78 Å². The van der Waals surface area contributed by atoms with E-state index in [1.54, 1.807) is 24.3 Å². The Bertz CT molecular complexity index is 1060. The molecule has 1 atom stereocenters. The summed E-state index contributed by atoms with van der Waals surface area (Å²) in [6, 6.07) is 21.1. The first-order valence-corrected chi connectivity index (χ1v) is 9.72. The number of benzene rings is 3. The molecule has 3 aromatic carbocycles. The first-order valence-electron chi connectivity index (χ1n) is 9.72. The number of hydrogen-bond acceptors (Lipinski definition) is 5. The van der Waals surface area contributed by atoms with Gasteiger partial charge in [0.05, 0.1) is 19.3 Å². The zero-order valence-corrected chi connectivity index (χ0v) is 16.5. The number of nitrogens with zero attached hydrogens (tertiary/aromatic N) is 4. The van der Waals surface area contributed by atoms with Crippen LogP contribution in [-0.4, -0.2) is 38.0 Å². The van der Waals surface area contributed by atoms with Gasteiger partial charge in [-0.2, -0.15) is 4.80 Å². The summed E-state index contributed by atoms with van der Waals surface area (Å²) in [5.74, 6) is -0.273. The molecule has 1 aromatic heterocycles. The number of halogens is 2. The van der Waals surface area contributed by atoms with Crippen molar-refractivity contribution < 1.29 is 18.6 Å². The predicted octanol–water partition coefficient (Wildman–Crippen LogP) is 3.79. The zero-order chi connectivity index (χ0) is 21.6. The van der Waals surface area contributed by atoms with E-state index in [0.717, 1.165) is 5.56 Å². The van der Waals surface area contributed by atoms with Crippen molar-refractivity contribution in [3.63, 3.8) is 0 Å². The van der Waals surface area contributed by atoms with Crippen molar-refractivity contribution in [1.29, 1.82) is 0 Å². The molecule has 0 saturated heterocycles. The molecule has 0 aliphatic carbocycles. The molecular formula is C23H20F2N4O2. The van der Waals surface area contributed by atoms with E-state index in [4.69, 9.17) is 4.74 Å². The molecule has 6 nitrogen and oxygen atoms in total. The van der Waals surface area contributed by atoms with Gasteiger partial charge in [0, 0.05) is 5.56 Å². The molecule has 1 unspecified atom stereocenters. The first-order chi connectivity index (χ1) is 15.1. The summed E-state index contributed by atoms with van der Waals surface area (Å²) in [6.07, 6.45) is -1.51. The standard InChI is InChI=1S/C23H20F2N4O2/c24-19-10-6-16(7-11-19)22(17-8-12-20(25)13-9-17)31-15-21(30)14-29-27-23(26-28-29)18-4-2-1-3-5-18/h1-13,21-22,30H,14-15H2. The van der Waals surface area contributed by atoms with E-state index in [0.29, 0.717) is 17.0 Å². The number of hydrogen-bond donors (Lipinski definition) is 1. The Morgan fingerprint density at radius 2 is 1.42 bits per heavy atom. The van der Waals surface area contributed by atoms with Gasteiger partial charge in [0.25, 0.3) is 0 Å². The molecule has 0 aliphatic heterocycles. The van der Waals surface area contributed by atoms with Gasteiger partial charge in [0.2, 0.25) is 5.82 Å². The molecule has 1 heterocycles. The zero-order valence-electron chi connectivity index (χ0n) is 16.5. The smallest absolute Gasteiger partial charge is 0.204 e. The summed E-state index contributed by atoms with van der Waals surface area (Å²) < 4.78 is 32.6. The quantitative estimate of drug-likeness (QED) is 0.468. The lowest BCUT2D eigenvalue weighted by Gasteiger charge is -2.21. The maximum Gasteiger partial charge on any atom is 0.204 e. The Morgan fingerprint density at radius 3 is 2.00 bits per heavy atom. The number of ether oxygens (including phenoxy) is 1. The third kappa shape index (κ3) is 5.36. The Kier molecular flexibility index (Phi) is 6.40. The van der Waals surface area contributed by atoms with Crippen LogP contribution >= 0.6 is 0 Å². The lowest BCUT2D eigenvalue weighted by Crippen LogP contribution is -2.25. The predicted molar refractivity (Wildman–Crippen MR) is 110 cm³/mol. The second-order valence-corrected chi connectivity index (χ2v) is 7.00. The van der Waals surface area contributed by atoms with Crippen LogP contribution in [0.25, 0.3) is 11.4 Å². The summed E-state index contributed by atoms with van der Waals surface area (Å²) in [6.45, 7) is 0.0427. The van der Waals surface area contributed by atoms with Crippen LogP contribution in [0.3, 0.4) is 0 Å². The Hall–Kier alpha value is -3.49. The fraction of sp³-hybridized carbons (Fsp3) is 0.174. The van der Waals surface area contributed by atoms with Gasteiger partial charge in [0.1, 0.15) is 17.7 Å². The number of rotatable bonds is 8. The number of aromatic nitrogens is 4. The topological polar surface area (TPSA) is 73.1 Å². The van der Waals surface area contributed by atoms with E-state index in [1.807, 2.05) is 30.3 Å². The van der Waals surface area contributed by atoms with E-state index >= 15 is 0 Å². The van der Waals surface area contributed by atoms with Gasteiger partial charge in [-0.3, -0.25) is 0 Å². The van der Waals surface area contributed by atoms with Crippen LogP contribution in [0.2, 0.25) is 0 Å². The van der Waals surface area contributed by atoms with Gasteiger partial charge >= 0.3 is 0 Å². The summed E-state index contributed by atoms with van der Waals surface area (Å²) in [4.78, 5) is 1.31. The summed E-state index contributed by atoms with van der Waals surface area (Å²) in [5.41, 5.74) is 2.20. The molecule has 0 bridgehead atoms. The normalized spacial score (nSPS) is 12.3. The molecule has 0 amide bonds. The van der Waals surface area contributed by atoms with Gasteiger partial charge in [0.15, 0.2) is 0 Å². The van der Waals surface area contributed by atoms with Crippen LogP contribution in [0.15, 0.2) is 78.9 Å². The van der Waals surface area contributed by atoms with Gasteiger partial charge in [-0.1, -0.05) is 54.6 Å². The minimum Gasteiger partial charge on any atom is -0.389 e. The van der Waals surface area contributed by atoms with Crippen molar-refractivity contribution in [3.8, 4) is 11.4 Å². The molecule has 1 N–H and O–H groups in total. The van der Waals surface area contributed by atoms with Crippen molar-refractivity contribution in [1.82, 2.24) is 20.2 Å². The minimum absolute atomic E-state index is 0.0400. The Labute approximate surface area is 177 Å².